The van der Waals surface area contributed by atoms with E-state index in [9.17, 15) is 22.4 Å². The summed E-state index contributed by atoms with van der Waals surface area (Å²) in [6.45, 7) is 0.866. The van der Waals surface area contributed by atoms with Gasteiger partial charge in [0.15, 0.2) is 0 Å². The Balaban J connectivity index is 1.62. The molecule has 0 aliphatic rings. The molecule has 2 aromatic heterocycles. The van der Waals surface area contributed by atoms with Gasteiger partial charge in [-0.15, -0.1) is 0 Å². The molecule has 0 unspecified atom stereocenters. The van der Waals surface area contributed by atoms with Gasteiger partial charge in [0.1, 0.15) is 24.6 Å². The predicted molar refractivity (Wildman–Crippen MR) is 97.6 cm³/mol. The molecule has 3 aromatic rings. The number of carbonyl (C=O) groups excluding carboxylic acids is 1. The summed E-state index contributed by atoms with van der Waals surface area (Å²) in [7, 11) is -3.98. The molecule has 0 saturated carbocycles. The fourth-order valence-electron chi connectivity index (χ4n) is 2.49. The maximum absolute atomic E-state index is 12.9. The zero-order valence-electron chi connectivity index (χ0n) is 14.8. The van der Waals surface area contributed by atoms with Crippen LogP contribution in [-0.4, -0.2) is 30.3 Å². The van der Waals surface area contributed by atoms with Crippen molar-refractivity contribution in [2.75, 3.05) is 6.54 Å². The SMILES string of the molecule is Cc1cccc2nc(COC(=O)CNS(=O)(=O)c3ccc(F)cc3)cc(=O)n12. The molecule has 146 valence electrons. The maximum atomic E-state index is 12.9. The van der Waals surface area contributed by atoms with Gasteiger partial charge in [-0.2, -0.15) is 4.72 Å². The second-order valence-corrected chi connectivity index (χ2v) is 7.65. The van der Waals surface area contributed by atoms with Crippen LogP contribution in [0, 0.1) is 12.7 Å². The molecule has 0 radical (unpaired) electrons. The Kier molecular flexibility index (Phi) is 5.52. The van der Waals surface area contributed by atoms with Crippen molar-refractivity contribution in [1.29, 1.82) is 0 Å². The molecule has 2 heterocycles. The highest BCUT2D eigenvalue weighted by Crippen LogP contribution is 2.09. The molecule has 3 rings (SSSR count). The van der Waals surface area contributed by atoms with E-state index >= 15 is 0 Å². The quantitative estimate of drug-likeness (QED) is 0.617. The van der Waals surface area contributed by atoms with Gasteiger partial charge in [-0.1, -0.05) is 6.07 Å². The Hall–Kier alpha value is -3.11. The molecule has 0 spiro atoms. The number of halogens is 1. The topological polar surface area (TPSA) is 107 Å². The van der Waals surface area contributed by atoms with Gasteiger partial charge >= 0.3 is 5.97 Å². The number of fused-ring (bicyclic) bond motifs is 1. The second kappa shape index (κ2) is 7.87. The van der Waals surface area contributed by atoms with Gasteiger partial charge in [0.05, 0.1) is 10.6 Å². The number of hydrogen-bond acceptors (Lipinski definition) is 6. The fourth-order valence-corrected chi connectivity index (χ4v) is 3.46. The van der Waals surface area contributed by atoms with E-state index in [0.717, 1.165) is 24.3 Å². The summed E-state index contributed by atoms with van der Waals surface area (Å²) in [6, 6.07) is 10.6. The predicted octanol–water partition coefficient (Wildman–Crippen LogP) is 1.16. The average molecular weight is 405 g/mol. The lowest BCUT2D eigenvalue weighted by Gasteiger charge is -2.09. The minimum Gasteiger partial charge on any atom is -0.458 e. The molecule has 8 nitrogen and oxygen atoms in total. The van der Waals surface area contributed by atoms with Crippen molar-refractivity contribution in [3.8, 4) is 0 Å². The van der Waals surface area contributed by atoms with E-state index in [2.05, 4.69) is 9.71 Å². The molecule has 0 aliphatic carbocycles. The van der Waals surface area contributed by atoms with Crippen molar-refractivity contribution >= 4 is 21.6 Å². The van der Waals surface area contributed by atoms with Crippen LogP contribution in [0.2, 0.25) is 0 Å². The van der Waals surface area contributed by atoms with Crippen molar-refractivity contribution in [3.63, 3.8) is 0 Å². The van der Waals surface area contributed by atoms with Crippen LogP contribution in [0.25, 0.3) is 5.65 Å². The summed E-state index contributed by atoms with van der Waals surface area (Å²) in [4.78, 5) is 28.1. The highest BCUT2D eigenvalue weighted by molar-refractivity contribution is 7.89. The molecule has 0 amide bonds. The molecule has 0 bridgehead atoms. The van der Waals surface area contributed by atoms with Crippen LogP contribution < -0.4 is 10.3 Å². The standard InChI is InChI=1S/C18H16FN3O5S/c1-12-3-2-4-16-21-14(9-17(23)22(12)16)11-27-18(24)10-20-28(25,26)15-7-5-13(19)6-8-15/h2-9,20H,10-11H2,1H3. The van der Waals surface area contributed by atoms with Crippen LogP contribution >= 0.6 is 0 Å². The lowest BCUT2D eigenvalue weighted by Crippen LogP contribution is -2.30. The molecule has 28 heavy (non-hydrogen) atoms. The first-order chi connectivity index (χ1) is 13.3. The molecule has 1 aromatic carbocycles. The summed E-state index contributed by atoms with van der Waals surface area (Å²) in [6.07, 6.45) is 0. The number of carbonyl (C=O) groups is 1. The highest BCUT2D eigenvalue weighted by atomic mass is 32.2. The molecule has 0 aliphatic heterocycles. The number of esters is 1. The Bertz CT molecular complexity index is 1190. The average Bonchev–Trinajstić information content (AvgIpc) is 2.65. The van der Waals surface area contributed by atoms with Crippen LogP contribution in [0.5, 0.6) is 0 Å². The van der Waals surface area contributed by atoms with Crippen molar-refractivity contribution in [2.45, 2.75) is 18.4 Å². The van der Waals surface area contributed by atoms with Gasteiger partial charge in [-0.3, -0.25) is 14.0 Å². The molecule has 0 atom stereocenters. The van der Waals surface area contributed by atoms with Crippen molar-refractivity contribution < 1.29 is 22.3 Å². The number of nitrogens with zero attached hydrogens (tertiary/aromatic N) is 2. The molecular weight excluding hydrogens is 389 g/mol. The van der Waals surface area contributed by atoms with Crippen molar-refractivity contribution in [3.05, 3.63) is 76.1 Å². The van der Waals surface area contributed by atoms with Gasteiger partial charge in [-0.05, 0) is 43.3 Å². The number of benzene rings is 1. The van der Waals surface area contributed by atoms with Gasteiger partial charge in [0.2, 0.25) is 10.0 Å². The van der Waals surface area contributed by atoms with E-state index in [1.165, 1.54) is 10.5 Å². The van der Waals surface area contributed by atoms with Gasteiger partial charge < -0.3 is 4.74 Å². The first kappa shape index (κ1) is 19.6. The number of hydrogen-bond donors (Lipinski definition) is 1. The number of nitrogens with one attached hydrogen (secondary N) is 1. The Morgan fingerprint density at radius 2 is 1.93 bits per heavy atom. The largest absolute Gasteiger partial charge is 0.458 e. The molecule has 1 N–H and O–H groups in total. The zero-order chi connectivity index (χ0) is 20.3. The third-order valence-electron chi connectivity index (χ3n) is 3.84. The number of sulfonamides is 1. The number of ether oxygens (including phenoxy) is 1. The first-order valence-corrected chi connectivity index (χ1v) is 9.64. The highest BCUT2D eigenvalue weighted by Gasteiger charge is 2.16. The van der Waals surface area contributed by atoms with Gasteiger partial charge in [-0.25, -0.2) is 17.8 Å². The van der Waals surface area contributed by atoms with Crippen LogP contribution in [0.3, 0.4) is 0 Å². The molecule has 0 fully saturated rings. The fraction of sp³-hybridized carbons (Fsp3) is 0.167. The second-order valence-electron chi connectivity index (χ2n) is 5.89. The normalized spacial score (nSPS) is 11.5. The summed E-state index contributed by atoms with van der Waals surface area (Å²) < 4.78 is 45.4. The van der Waals surface area contributed by atoms with Crippen LogP contribution in [0.15, 0.2) is 58.2 Å². The summed E-state index contributed by atoms with van der Waals surface area (Å²) in [5, 5.41) is 0. The van der Waals surface area contributed by atoms with Gasteiger partial charge in [0, 0.05) is 11.8 Å². The van der Waals surface area contributed by atoms with Crippen LogP contribution in [0.4, 0.5) is 4.39 Å². The monoisotopic (exact) mass is 405 g/mol. The van der Waals surface area contributed by atoms with Crippen molar-refractivity contribution in [2.24, 2.45) is 0 Å². The minimum absolute atomic E-state index is 0.179. The summed E-state index contributed by atoms with van der Waals surface area (Å²) in [5.74, 6) is -1.43. The summed E-state index contributed by atoms with van der Waals surface area (Å²) in [5.41, 5.74) is 1.06. The molecular formula is C18H16FN3O5S. The van der Waals surface area contributed by atoms with E-state index < -0.39 is 28.4 Å². The number of aryl methyl sites for hydroxylation is 1. The lowest BCUT2D eigenvalue weighted by molar-refractivity contribution is -0.143. The van der Waals surface area contributed by atoms with Gasteiger partial charge in [0.25, 0.3) is 5.56 Å². The Morgan fingerprint density at radius 3 is 2.64 bits per heavy atom. The van der Waals surface area contributed by atoms with E-state index in [1.807, 2.05) is 0 Å². The number of aromatic nitrogens is 2. The van der Waals surface area contributed by atoms with Crippen molar-refractivity contribution in [1.82, 2.24) is 14.1 Å². The molecule has 10 heteroatoms. The third kappa shape index (κ3) is 4.41. The minimum atomic E-state index is -3.98. The number of pyridine rings is 1. The molecule has 0 saturated heterocycles. The smallest absolute Gasteiger partial charge is 0.321 e. The zero-order valence-corrected chi connectivity index (χ0v) is 15.6. The van der Waals surface area contributed by atoms with Crippen LogP contribution in [-0.2, 0) is 26.2 Å². The van der Waals surface area contributed by atoms with E-state index in [1.54, 1.807) is 25.1 Å². The third-order valence-corrected chi connectivity index (χ3v) is 5.26. The Morgan fingerprint density at radius 1 is 1.21 bits per heavy atom. The van der Waals surface area contributed by atoms with E-state index in [0.29, 0.717) is 11.3 Å². The first-order valence-electron chi connectivity index (χ1n) is 8.15. The van der Waals surface area contributed by atoms with E-state index in [4.69, 9.17) is 4.74 Å². The van der Waals surface area contributed by atoms with E-state index in [-0.39, 0.29) is 22.8 Å². The maximum Gasteiger partial charge on any atom is 0.321 e. The Labute approximate surface area is 159 Å². The summed E-state index contributed by atoms with van der Waals surface area (Å²) >= 11 is 0. The lowest BCUT2D eigenvalue weighted by atomic mass is 10.3. The van der Waals surface area contributed by atoms with Crippen LogP contribution in [0.1, 0.15) is 11.4 Å². The number of rotatable bonds is 6.